The van der Waals surface area contributed by atoms with Crippen LogP contribution in [-0.2, 0) is 16.1 Å². The van der Waals surface area contributed by atoms with Gasteiger partial charge in [0.25, 0.3) is 0 Å². The molecular formula is C20H23N3O3. The van der Waals surface area contributed by atoms with E-state index in [2.05, 4.69) is 10.3 Å². The summed E-state index contributed by atoms with van der Waals surface area (Å²) in [6, 6.07) is 11.2. The molecule has 1 saturated heterocycles. The molecule has 2 amide bonds. The van der Waals surface area contributed by atoms with E-state index in [-0.39, 0.29) is 24.2 Å². The molecule has 1 aromatic heterocycles. The second-order valence-electron chi connectivity index (χ2n) is 6.29. The van der Waals surface area contributed by atoms with Gasteiger partial charge < -0.3 is 15.0 Å². The van der Waals surface area contributed by atoms with Crippen molar-refractivity contribution in [3.8, 4) is 5.75 Å². The Labute approximate surface area is 153 Å². The van der Waals surface area contributed by atoms with Crippen LogP contribution in [0.15, 0.2) is 42.6 Å². The van der Waals surface area contributed by atoms with Crippen molar-refractivity contribution in [3.05, 3.63) is 53.9 Å². The molecular weight excluding hydrogens is 330 g/mol. The molecule has 1 aliphatic rings. The summed E-state index contributed by atoms with van der Waals surface area (Å²) in [6.07, 6.45) is 1.91. The fourth-order valence-corrected chi connectivity index (χ4v) is 3.09. The minimum Gasteiger partial charge on any atom is -0.492 e. The van der Waals surface area contributed by atoms with E-state index in [1.54, 1.807) is 11.1 Å². The monoisotopic (exact) mass is 353 g/mol. The molecule has 1 fully saturated rings. The third kappa shape index (κ3) is 3.85. The largest absolute Gasteiger partial charge is 0.492 e. The van der Waals surface area contributed by atoms with Crippen LogP contribution >= 0.6 is 0 Å². The van der Waals surface area contributed by atoms with Crippen LogP contribution in [0, 0.1) is 12.8 Å². The molecule has 0 aliphatic carbocycles. The molecule has 6 nitrogen and oxygen atoms in total. The van der Waals surface area contributed by atoms with Crippen molar-refractivity contribution in [2.24, 2.45) is 5.92 Å². The molecule has 0 bridgehead atoms. The van der Waals surface area contributed by atoms with Gasteiger partial charge in [-0.25, -0.2) is 0 Å². The highest BCUT2D eigenvalue weighted by Crippen LogP contribution is 2.33. The number of pyridine rings is 1. The van der Waals surface area contributed by atoms with Crippen molar-refractivity contribution in [2.75, 3.05) is 18.1 Å². The van der Waals surface area contributed by atoms with Crippen LogP contribution in [0.2, 0.25) is 0 Å². The number of carbonyl (C=O) groups is 2. The molecule has 1 atom stereocenters. The van der Waals surface area contributed by atoms with Crippen molar-refractivity contribution >= 4 is 17.5 Å². The molecule has 1 N–H and O–H groups in total. The van der Waals surface area contributed by atoms with Gasteiger partial charge in [0.2, 0.25) is 11.8 Å². The summed E-state index contributed by atoms with van der Waals surface area (Å²) in [4.78, 5) is 30.9. The Bertz CT molecular complexity index is 806. The number of nitrogens with zero attached hydrogens (tertiary/aromatic N) is 2. The van der Waals surface area contributed by atoms with Gasteiger partial charge in [-0.15, -0.1) is 0 Å². The third-order valence-electron chi connectivity index (χ3n) is 4.50. The lowest BCUT2D eigenvalue weighted by Crippen LogP contribution is -2.33. The lowest BCUT2D eigenvalue weighted by atomic mass is 10.1. The number of rotatable bonds is 6. The number of hydrogen-bond donors (Lipinski definition) is 1. The first-order valence-electron chi connectivity index (χ1n) is 8.80. The molecule has 1 aliphatic heterocycles. The molecule has 2 aromatic rings. The van der Waals surface area contributed by atoms with Crippen LogP contribution in [0.1, 0.15) is 24.6 Å². The van der Waals surface area contributed by atoms with Crippen LogP contribution in [-0.4, -0.2) is 29.9 Å². The van der Waals surface area contributed by atoms with Crippen molar-refractivity contribution in [2.45, 2.75) is 26.8 Å². The summed E-state index contributed by atoms with van der Waals surface area (Å²) in [5.74, 6) is 0.0980. The summed E-state index contributed by atoms with van der Waals surface area (Å²) >= 11 is 0. The lowest BCUT2D eigenvalue weighted by molar-refractivity contribution is -0.126. The van der Waals surface area contributed by atoms with Crippen molar-refractivity contribution in [1.82, 2.24) is 10.3 Å². The number of aryl methyl sites for hydroxylation is 1. The molecule has 0 spiro atoms. The van der Waals surface area contributed by atoms with Crippen molar-refractivity contribution < 1.29 is 14.3 Å². The maximum absolute atomic E-state index is 12.5. The number of benzene rings is 1. The van der Waals surface area contributed by atoms with Gasteiger partial charge >= 0.3 is 0 Å². The maximum atomic E-state index is 12.5. The number of hydrogen-bond acceptors (Lipinski definition) is 4. The first-order chi connectivity index (χ1) is 12.6. The van der Waals surface area contributed by atoms with E-state index in [9.17, 15) is 9.59 Å². The van der Waals surface area contributed by atoms with Crippen LogP contribution in [0.25, 0.3) is 0 Å². The molecule has 2 heterocycles. The Kier molecular flexibility index (Phi) is 5.51. The Balaban J connectivity index is 1.66. The number of para-hydroxylation sites is 2. The van der Waals surface area contributed by atoms with Gasteiger partial charge in [0, 0.05) is 19.2 Å². The van der Waals surface area contributed by atoms with Crippen LogP contribution in [0.4, 0.5) is 5.69 Å². The van der Waals surface area contributed by atoms with Gasteiger partial charge in [0.15, 0.2) is 0 Å². The van der Waals surface area contributed by atoms with E-state index in [1.807, 2.05) is 50.2 Å². The van der Waals surface area contributed by atoms with Gasteiger partial charge in [-0.05, 0) is 37.6 Å². The molecule has 1 aromatic carbocycles. The number of carbonyl (C=O) groups excluding carboxylic acids is 2. The Morgan fingerprint density at radius 3 is 2.88 bits per heavy atom. The summed E-state index contributed by atoms with van der Waals surface area (Å²) in [5.41, 5.74) is 2.58. The zero-order valence-electron chi connectivity index (χ0n) is 15.1. The average Bonchev–Trinajstić information content (AvgIpc) is 3.03. The molecule has 0 saturated carbocycles. The van der Waals surface area contributed by atoms with Gasteiger partial charge in [-0.1, -0.05) is 18.2 Å². The highest BCUT2D eigenvalue weighted by atomic mass is 16.5. The summed E-state index contributed by atoms with van der Waals surface area (Å²) < 4.78 is 5.61. The Morgan fingerprint density at radius 2 is 2.12 bits per heavy atom. The lowest BCUT2D eigenvalue weighted by Gasteiger charge is -2.20. The van der Waals surface area contributed by atoms with E-state index < -0.39 is 0 Å². The zero-order valence-corrected chi connectivity index (χ0v) is 15.1. The number of anilines is 1. The highest BCUT2D eigenvalue weighted by Gasteiger charge is 2.36. The zero-order chi connectivity index (χ0) is 18.5. The van der Waals surface area contributed by atoms with E-state index in [0.717, 1.165) is 16.9 Å². The average molecular weight is 353 g/mol. The third-order valence-corrected chi connectivity index (χ3v) is 4.50. The second-order valence-corrected chi connectivity index (χ2v) is 6.29. The normalized spacial score (nSPS) is 16.6. The fourth-order valence-electron chi connectivity index (χ4n) is 3.09. The van der Waals surface area contributed by atoms with Crippen LogP contribution in [0.3, 0.4) is 0 Å². The first kappa shape index (κ1) is 17.9. The number of amides is 2. The molecule has 136 valence electrons. The Hall–Kier alpha value is -2.89. The van der Waals surface area contributed by atoms with Gasteiger partial charge in [0.05, 0.1) is 30.5 Å². The summed E-state index contributed by atoms with van der Waals surface area (Å²) in [6.45, 7) is 5.10. The van der Waals surface area contributed by atoms with Crippen molar-refractivity contribution in [3.63, 3.8) is 0 Å². The van der Waals surface area contributed by atoms with E-state index >= 15 is 0 Å². The molecule has 6 heteroatoms. The topological polar surface area (TPSA) is 71.5 Å². The molecule has 1 unspecified atom stereocenters. The van der Waals surface area contributed by atoms with Gasteiger partial charge in [-0.2, -0.15) is 0 Å². The molecule has 26 heavy (non-hydrogen) atoms. The predicted octanol–water partition coefficient (Wildman–Crippen LogP) is 2.46. The number of aromatic nitrogens is 1. The number of nitrogens with one attached hydrogen (secondary N) is 1. The van der Waals surface area contributed by atoms with Gasteiger partial charge in [-0.3, -0.25) is 14.6 Å². The highest BCUT2D eigenvalue weighted by molar-refractivity contribution is 6.01. The first-order valence-corrected chi connectivity index (χ1v) is 8.80. The summed E-state index contributed by atoms with van der Waals surface area (Å²) in [5, 5.41) is 2.90. The summed E-state index contributed by atoms with van der Waals surface area (Å²) in [7, 11) is 0. The SMILES string of the molecule is CCOc1ccccc1N1CC(C(=O)NCc2ncccc2C)CC1=O. The minimum atomic E-state index is -0.374. The molecule has 0 radical (unpaired) electrons. The minimum absolute atomic E-state index is 0.0636. The number of ether oxygens (including phenoxy) is 1. The maximum Gasteiger partial charge on any atom is 0.227 e. The smallest absolute Gasteiger partial charge is 0.227 e. The second kappa shape index (κ2) is 7.99. The van der Waals surface area contributed by atoms with Gasteiger partial charge in [0.1, 0.15) is 5.75 Å². The Morgan fingerprint density at radius 1 is 1.31 bits per heavy atom. The van der Waals surface area contributed by atoms with E-state index in [1.165, 1.54) is 0 Å². The van der Waals surface area contributed by atoms with E-state index in [0.29, 0.717) is 25.4 Å². The standard InChI is InChI=1S/C20H23N3O3/c1-3-26-18-9-5-4-8-17(18)23-13-15(11-19(23)24)20(25)22-12-16-14(2)7-6-10-21-16/h4-10,15H,3,11-13H2,1-2H3,(H,22,25). The van der Waals surface area contributed by atoms with E-state index in [4.69, 9.17) is 4.74 Å². The quantitative estimate of drug-likeness (QED) is 0.866. The van der Waals surface area contributed by atoms with Crippen LogP contribution in [0.5, 0.6) is 5.75 Å². The van der Waals surface area contributed by atoms with Crippen molar-refractivity contribution in [1.29, 1.82) is 0 Å². The molecule has 3 rings (SSSR count). The predicted molar refractivity (Wildman–Crippen MR) is 98.9 cm³/mol. The van der Waals surface area contributed by atoms with Crippen LogP contribution < -0.4 is 15.0 Å². The fraction of sp³-hybridized carbons (Fsp3) is 0.350.